The predicted octanol–water partition coefficient (Wildman–Crippen LogP) is 3.95. The Hall–Kier alpha value is -3.65. The minimum Gasteiger partial charge on any atom is -0.375 e. The predicted molar refractivity (Wildman–Crippen MR) is 137 cm³/mol. The maximum absolute atomic E-state index is 14.2. The molecule has 0 spiro atoms. The third kappa shape index (κ3) is 5.86. The van der Waals surface area contributed by atoms with Gasteiger partial charge in [0, 0.05) is 40.0 Å². The molecule has 3 atom stereocenters. The number of nitrogens with one attached hydrogen (secondary N) is 2. The highest BCUT2D eigenvalue weighted by Crippen LogP contribution is 2.39. The molecule has 4 rings (SSSR count). The fourth-order valence-electron chi connectivity index (χ4n) is 4.68. The van der Waals surface area contributed by atoms with E-state index < -0.39 is 30.1 Å². The van der Waals surface area contributed by atoms with E-state index in [1.54, 1.807) is 6.92 Å². The van der Waals surface area contributed by atoms with Crippen LogP contribution in [0.15, 0.2) is 30.5 Å². The van der Waals surface area contributed by atoms with Gasteiger partial charge in [0.1, 0.15) is 0 Å². The van der Waals surface area contributed by atoms with Gasteiger partial charge in [0.2, 0.25) is 11.2 Å². The SMILES string of the molecule is CNC(=O)N1CCC(C(=O)N(C)[C@@H](c2ccc(Nc3cnc4nc(Cl)nn4c3[C@H](C)OC)cc2)C(F)(F)F)C1. The van der Waals surface area contributed by atoms with Crippen LogP contribution >= 0.6 is 11.6 Å². The van der Waals surface area contributed by atoms with Gasteiger partial charge in [-0.1, -0.05) is 12.1 Å². The summed E-state index contributed by atoms with van der Waals surface area (Å²) in [7, 11) is 4.11. The fourth-order valence-corrected chi connectivity index (χ4v) is 4.83. The highest BCUT2D eigenvalue weighted by Gasteiger charge is 2.47. The first-order valence-electron chi connectivity index (χ1n) is 12.1. The van der Waals surface area contributed by atoms with E-state index in [-0.39, 0.29) is 29.2 Å². The Labute approximate surface area is 227 Å². The van der Waals surface area contributed by atoms with Gasteiger partial charge >= 0.3 is 12.2 Å². The molecule has 2 aromatic heterocycles. The molecule has 1 unspecified atom stereocenters. The van der Waals surface area contributed by atoms with Crippen LogP contribution in [0.4, 0.5) is 29.3 Å². The lowest BCUT2D eigenvalue weighted by atomic mass is 10.0. The number of hydrogen-bond acceptors (Lipinski definition) is 7. The summed E-state index contributed by atoms with van der Waals surface area (Å²) < 4.78 is 49.5. The van der Waals surface area contributed by atoms with E-state index in [1.165, 1.54) is 54.0 Å². The molecular formula is C24H28ClF3N8O3. The zero-order valence-electron chi connectivity index (χ0n) is 21.7. The van der Waals surface area contributed by atoms with Crippen LogP contribution < -0.4 is 10.6 Å². The number of hydrogen-bond donors (Lipinski definition) is 2. The molecule has 0 aliphatic carbocycles. The maximum atomic E-state index is 14.2. The van der Waals surface area contributed by atoms with Crippen molar-refractivity contribution in [1.29, 1.82) is 0 Å². The molecule has 3 heterocycles. The first-order valence-corrected chi connectivity index (χ1v) is 12.4. The molecule has 15 heteroatoms. The number of nitrogens with zero attached hydrogens (tertiary/aromatic N) is 6. The van der Waals surface area contributed by atoms with Crippen molar-refractivity contribution in [3.05, 3.63) is 47.0 Å². The van der Waals surface area contributed by atoms with E-state index in [0.29, 0.717) is 34.9 Å². The van der Waals surface area contributed by atoms with Crippen molar-refractivity contribution < 1.29 is 27.5 Å². The first kappa shape index (κ1) is 28.4. The van der Waals surface area contributed by atoms with Gasteiger partial charge in [-0.2, -0.15) is 22.7 Å². The zero-order valence-corrected chi connectivity index (χ0v) is 22.4. The van der Waals surface area contributed by atoms with Gasteiger partial charge in [0.05, 0.1) is 29.6 Å². The molecule has 1 aromatic carbocycles. The number of urea groups is 1. The van der Waals surface area contributed by atoms with E-state index in [4.69, 9.17) is 16.3 Å². The summed E-state index contributed by atoms with van der Waals surface area (Å²) >= 11 is 5.93. The number of alkyl halides is 3. The number of likely N-dealkylation sites (tertiary alicyclic amines) is 1. The number of methoxy groups -OCH3 is 1. The molecule has 2 N–H and O–H groups in total. The first-order chi connectivity index (χ1) is 18.4. The fraction of sp³-hybridized carbons (Fsp3) is 0.458. The lowest BCUT2D eigenvalue weighted by molar-refractivity contribution is -0.190. The average molecular weight is 569 g/mol. The third-order valence-corrected chi connectivity index (χ3v) is 6.87. The number of benzene rings is 1. The number of halogens is 4. The minimum absolute atomic E-state index is 0.00403. The van der Waals surface area contributed by atoms with Crippen LogP contribution in [0.3, 0.4) is 0 Å². The lowest BCUT2D eigenvalue weighted by Gasteiger charge is -2.32. The number of aromatic nitrogens is 4. The summed E-state index contributed by atoms with van der Waals surface area (Å²) in [6.07, 6.45) is -3.37. The van der Waals surface area contributed by atoms with Crippen molar-refractivity contribution in [2.45, 2.75) is 31.7 Å². The molecular weight excluding hydrogens is 541 g/mol. The summed E-state index contributed by atoms with van der Waals surface area (Å²) in [6, 6.07) is 3.06. The van der Waals surface area contributed by atoms with Gasteiger partial charge in [0.25, 0.3) is 5.78 Å². The van der Waals surface area contributed by atoms with Gasteiger partial charge in [-0.05, 0) is 42.6 Å². The normalized spacial score (nSPS) is 17.2. The number of carbonyl (C=O) groups excluding carboxylic acids is 2. The molecule has 210 valence electrons. The van der Waals surface area contributed by atoms with Crippen LogP contribution in [0.25, 0.3) is 5.78 Å². The van der Waals surface area contributed by atoms with Gasteiger partial charge in [-0.15, -0.1) is 5.10 Å². The van der Waals surface area contributed by atoms with Crippen LogP contribution in [0.5, 0.6) is 0 Å². The summed E-state index contributed by atoms with van der Waals surface area (Å²) in [6.45, 7) is 2.15. The van der Waals surface area contributed by atoms with Crippen molar-refractivity contribution in [3.8, 4) is 0 Å². The average Bonchev–Trinajstić information content (AvgIpc) is 3.54. The highest BCUT2D eigenvalue weighted by molar-refractivity contribution is 6.28. The van der Waals surface area contributed by atoms with Gasteiger partial charge in [-0.25, -0.2) is 9.78 Å². The van der Waals surface area contributed by atoms with Crippen LogP contribution in [0.1, 0.15) is 36.7 Å². The van der Waals surface area contributed by atoms with E-state index >= 15 is 0 Å². The van der Waals surface area contributed by atoms with Crippen LogP contribution in [0.2, 0.25) is 5.28 Å². The molecule has 1 fully saturated rings. The van der Waals surface area contributed by atoms with Crippen LogP contribution in [-0.4, -0.2) is 81.8 Å². The molecule has 1 aliphatic heterocycles. The highest BCUT2D eigenvalue weighted by atomic mass is 35.5. The summed E-state index contributed by atoms with van der Waals surface area (Å²) in [5.74, 6) is -1.12. The number of ether oxygens (including phenoxy) is 1. The number of carbonyl (C=O) groups is 2. The molecule has 1 saturated heterocycles. The number of fused-ring (bicyclic) bond motifs is 1. The largest absolute Gasteiger partial charge is 0.413 e. The molecule has 39 heavy (non-hydrogen) atoms. The smallest absolute Gasteiger partial charge is 0.375 e. The zero-order chi connectivity index (χ0) is 28.5. The second kappa shape index (κ2) is 11.2. The Kier molecular flexibility index (Phi) is 8.16. The molecule has 11 nitrogen and oxygen atoms in total. The summed E-state index contributed by atoms with van der Waals surface area (Å²) in [5, 5.41) is 9.74. The molecule has 3 aromatic rings. The minimum atomic E-state index is -4.72. The Morgan fingerprint density at radius 1 is 1.26 bits per heavy atom. The van der Waals surface area contributed by atoms with Gasteiger partial charge in [0.15, 0.2) is 6.04 Å². The van der Waals surface area contributed by atoms with Gasteiger partial charge in [-0.3, -0.25) is 4.79 Å². The molecule has 0 radical (unpaired) electrons. The second-order valence-electron chi connectivity index (χ2n) is 9.15. The molecule has 0 saturated carbocycles. The maximum Gasteiger partial charge on any atom is 0.413 e. The van der Waals surface area contributed by atoms with E-state index in [2.05, 4.69) is 25.7 Å². The monoisotopic (exact) mass is 568 g/mol. The summed E-state index contributed by atoms with van der Waals surface area (Å²) in [5.41, 5.74) is 1.43. The van der Waals surface area contributed by atoms with Gasteiger partial charge < -0.3 is 25.2 Å². The van der Waals surface area contributed by atoms with E-state index in [0.717, 1.165) is 7.05 Å². The molecule has 1 aliphatic rings. The van der Waals surface area contributed by atoms with Crippen molar-refractivity contribution in [3.63, 3.8) is 0 Å². The van der Waals surface area contributed by atoms with Crippen molar-refractivity contribution in [2.24, 2.45) is 5.92 Å². The van der Waals surface area contributed by atoms with Crippen molar-refractivity contribution in [1.82, 2.24) is 34.7 Å². The lowest BCUT2D eigenvalue weighted by Crippen LogP contribution is -2.44. The van der Waals surface area contributed by atoms with Crippen molar-refractivity contribution in [2.75, 3.05) is 39.6 Å². The summed E-state index contributed by atoms with van der Waals surface area (Å²) in [4.78, 5) is 35.3. The Bertz CT molecular complexity index is 1350. The Morgan fingerprint density at radius 2 is 1.95 bits per heavy atom. The second-order valence-corrected chi connectivity index (χ2v) is 9.49. The van der Waals surface area contributed by atoms with E-state index in [9.17, 15) is 22.8 Å². The standard InChI is InChI=1S/C24H28ClF3N8O3/c1-13(39-4)18-17(11-30-22-32-21(25)33-36(18)22)31-16-7-5-14(6-8-16)19(24(26,27)28)34(3)20(37)15-9-10-35(12-15)23(38)29-2/h5-8,11,13,15,19,31H,9-10,12H2,1-4H3,(H,29,38)/t13-,15?,19-/m0/s1. The van der Waals surface area contributed by atoms with Crippen LogP contribution in [-0.2, 0) is 9.53 Å². The molecule has 0 bridgehead atoms. The third-order valence-electron chi connectivity index (χ3n) is 6.71. The van der Waals surface area contributed by atoms with Crippen LogP contribution in [0, 0.1) is 5.92 Å². The van der Waals surface area contributed by atoms with Crippen molar-refractivity contribution >= 4 is 40.7 Å². The molecule has 3 amide bonds. The topological polar surface area (TPSA) is 117 Å². The number of anilines is 2. The Morgan fingerprint density at radius 3 is 2.56 bits per heavy atom. The number of amides is 3. The Balaban J connectivity index is 1.57. The quantitative estimate of drug-likeness (QED) is 0.443. The number of rotatable bonds is 7. The van der Waals surface area contributed by atoms with E-state index in [1.807, 2.05) is 0 Å².